The van der Waals surface area contributed by atoms with Crippen molar-refractivity contribution in [1.29, 1.82) is 0 Å². The fraction of sp³-hybridized carbons (Fsp3) is 0.333. The van der Waals surface area contributed by atoms with Gasteiger partial charge >= 0.3 is 0 Å². The first kappa shape index (κ1) is 9.68. The molecule has 0 unspecified atom stereocenters. The molecule has 0 spiro atoms. The number of hydrogen-bond donors (Lipinski definition) is 0. The van der Waals surface area contributed by atoms with E-state index < -0.39 is 0 Å². The summed E-state index contributed by atoms with van der Waals surface area (Å²) in [5.74, 6) is 0.490. The number of imidazole rings is 1. The van der Waals surface area contributed by atoms with Gasteiger partial charge < -0.3 is 4.57 Å². The molecule has 0 atom stereocenters. The lowest BCUT2D eigenvalue weighted by atomic mass is 10.5. The van der Waals surface area contributed by atoms with Crippen LogP contribution in [0.25, 0.3) is 0 Å². The van der Waals surface area contributed by atoms with Crippen molar-refractivity contribution < 1.29 is 0 Å². The number of nitrogens with zero attached hydrogens (tertiary/aromatic N) is 3. The highest BCUT2D eigenvalue weighted by molar-refractivity contribution is 7.11. The summed E-state index contributed by atoms with van der Waals surface area (Å²) in [5.41, 5.74) is 1.03. The monoisotopic (exact) mass is 227 g/mol. The minimum absolute atomic E-state index is 0.490. The Hall–Kier alpha value is -0.870. The van der Waals surface area contributed by atoms with E-state index in [-0.39, 0.29) is 0 Å². The normalized spacial score (nSPS) is 10.7. The Bertz CT molecular complexity index is 421. The van der Waals surface area contributed by atoms with Crippen molar-refractivity contribution in [3.63, 3.8) is 0 Å². The van der Waals surface area contributed by atoms with Crippen molar-refractivity contribution in [3.05, 3.63) is 34.3 Å². The average Bonchev–Trinajstić information content (AvgIpc) is 2.76. The average molecular weight is 228 g/mol. The van der Waals surface area contributed by atoms with Crippen LogP contribution >= 0.6 is 22.9 Å². The zero-order chi connectivity index (χ0) is 9.97. The first-order valence-corrected chi connectivity index (χ1v) is 5.61. The van der Waals surface area contributed by atoms with Crippen molar-refractivity contribution in [1.82, 2.24) is 14.5 Å². The summed E-state index contributed by atoms with van der Waals surface area (Å²) < 4.78 is 2.02. The number of hydrogen-bond acceptors (Lipinski definition) is 3. The van der Waals surface area contributed by atoms with Gasteiger partial charge in [-0.2, -0.15) is 0 Å². The van der Waals surface area contributed by atoms with E-state index in [0.29, 0.717) is 5.88 Å². The third-order valence-electron chi connectivity index (χ3n) is 1.91. The van der Waals surface area contributed by atoms with Crippen LogP contribution in [0.4, 0.5) is 0 Å². The Labute approximate surface area is 91.4 Å². The van der Waals surface area contributed by atoms with Crippen LogP contribution in [0.5, 0.6) is 0 Å². The molecule has 0 saturated carbocycles. The maximum atomic E-state index is 5.77. The lowest BCUT2D eigenvalue weighted by Crippen LogP contribution is -2.00. The van der Waals surface area contributed by atoms with Crippen LogP contribution in [0.2, 0.25) is 0 Å². The molecule has 0 aromatic carbocycles. The second-order valence-corrected chi connectivity index (χ2v) is 4.60. The highest BCUT2D eigenvalue weighted by Gasteiger charge is 2.03. The van der Waals surface area contributed by atoms with Gasteiger partial charge in [-0.25, -0.2) is 9.97 Å². The Morgan fingerprint density at radius 2 is 2.36 bits per heavy atom. The van der Waals surface area contributed by atoms with Crippen LogP contribution in [0.3, 0.4) is 0 Å². The predicted molar refractivity (Wildman–Crippen MR) is 57.7 cm³/mol. The Morgan fingerprint density at radius 1 is 1.50 bits per heavy atom. The second-order valence-electron chi connectivity index (χ2n) is 3.01. The molecule has 0 fully saturated rings. The van der Waals surface area contributed by atoms with Gasteiger partial charge in [0.05, 0.1) is 24.4 Å². The summed E-state index contributed by atoms with van der Waals surface area (Å²) >= 11 is 7.47. The van der Waals surface area contributed by atoms with Crippen molar-refractivity contribution in [2.24, 2.45) is 0 Å². The second kappa shape index (κ2) is 4.11. The molecular weight excluding hydrogens is 218 g/mol. The molecule has 0 amide bonds. The summed E-state index contributed by atoms with van der Waals surface area (Å²) in [7, 11) is 0. The number of thiazole rings is 1. The summed E-state index contributed by atoms with van der Waals surface area (Å²) in [6.45, 7) is 2.82. The predicted octanol–water partition coefficient (Wildman–Crippen LogP) is 2.44. The minimum atomic E-state index is 0.490. The first-order chi connectivity index (χ1) is 6.79. The molecule has 0 N–H and O–H groups in total. The quantitative estimate of drug-likeness (QED) is 0.755. The molecule has 2 aromatic heterocycles. The van der Waals surface area contributed by atoms with E-state index in [2.05, 4.69) is 16.9 Å². The van der Waals surface area contributed by atoms with Gasteiger partial charge in [-0.05, 0) is 6.92 Å². The van der Waals surface area contributed by atoms with Gasteiger partial charge in [0.15, 0.2) is 0 Å². The molecule has 5 heteroatoms. The molecule has 2 rings (SSSR count). The lowest BCUT2D eigenvalue weighted by Gasteiger charge is -2.02. The molecule has 14 heavy (non-hydrogen) atoms. The summed E-state index contributed by atoms with van der Waals surface area (Å²) in [6, 6.07) is 0. The summed E-state index contributed by atoms with van der Waals surface area (Å²) in [4.78, 5) is 9.57. The van der Waals surface area contributed by atoms with Gasteiger partial charge in [0.1, 0.15) is 5.01 Å². The van der Waals surface area contributed by atoms with Gasteiger partial charge in [-0.3, -0.25) is 0 Å². The molecule has 0 bridgehead atoms. The largest absolute Gasteiger partial charge is 0.327 e. The fourth-order valence-corrected chi connectivity index (χ4v) is 2.23. The number of aryl methyl sites for hydroxylation is 1. The molecule has 0 aliphatic carbocycles. The van der Waals surface area contributed by atoms with Crippen molar-refractivity contribution in [2.45, 2.75) is 19.3 Å². The molecule has 0 aliphatic rings. The van der Waals surface area contributed by atoms with E-state index >= 15 is 0 Å². The molecule has 0 radical (unpaired) electrons. The van der Waals surface area contributed by atoms with Crippen molar-refractivity contribution >= 4 is 22.9 Å². The Morgan fingerprint density at radius 3 is 3.00 bits per heavy atom. The van der Waals surface area contributed by atoms with Gasteiger partial charge in [-0.15, -0.1) is 22.9 Å². The smallest absolute Gasteiger partial charge is 0.113 e. The lowest BCUT2D eigenvalue weighted by molar-refractivity contribution is 0.759. The summed E-state index contributed by atoms with van der Waals surface area (Å²) in [6.07, 6.45) is 5.46. The van der Waals surface area contributed by atoms with Gasteiger partial charge in [0, 0.05) is 17.3 Å². The van der Waals surface area contributed by atoms with E-state index in [9.17, 15) is 0 Å². The van der Waals surface area contributed by atoms with Crippen LogP contribution in [0.15, 0.2) is 18.7 Å². The van der Waals surface area contributed by atoms with E-state index in [0.717, 1.165) is 17.2 Å². The summed E-state index contributed by atoms with van der Waals surface area (Å²) in [5, 5.41) is 1.09. The molecule has 2 aromatic rings. The molecule has 3 nitrogen and oxygen atoms in total. The number of alkyl halides is 1. The molecule has 0 saturated heterocycles. The Balaban J connectivity index is 2.18. The van der Waals surface area contributed by atoms with E-state index in [1.54, 1.807) is 23.9 Å². The van der Waals surface area contributed by atoms with E-state index in [1.165, 1.54) is 4.88 Å². The highest BCUT2D eigenvalue weighted by Crippen LogP contribution is 2.14. The fourth-order valence-electron chi connectivity index (χ4n) is 1.22. The first-order valence-electron chi connectivity index (χ1n) is 4.26. The third kappa shape index (κ3) is 1.96. The highest BCUT2D eigenvalue weighted by atomic mass is 35.5. The van der Waals surface area contributed by atoms with Crippen molar-refractivity contribution in [2.75, 3.05) is 0 Å². The maximum Gasteiger partial charge on any atom is 0.113 e. The number of halogens is 1. The van der Waals surface area contributed by atoms with E-state index in [4.69, 9.17) is 11.6 Å². The zero-order valence-electron chi connectivity index (χ0n) is 7.77. The molecule has 2 heterocycles. The molecule has 0 aliphatic heterocycles. The van der Waals surface area contributed by atoms with Crippen LogP contribution < -0.4 is 0 Å². The van der Waals surface area contributed by atoms with Crippen LogP contribution in [-0.4, -0.2) is 14.5 Å². The third-order valence-corrected chi connectivity index (χ3v) is 3.08. The SMILES string of the molecule is Cc1cnc(Cn2cncc2CCl)s1. The Kier molecular flexibility index (Phi) is 2.84. The molecular formula is C9H10ClN3S. The maximum absolute atomic E-state index is 5.77. The van der Waals surface area contributed by atoms with Gasteiger partial charge in [0.2, 0.25) is 0 Å². The van der Waals surface area contributed by atoms with Crippen molar-refractivity contribution in [3.8, 4) is 0 Å². The minimum Gasteiger partial charge on any atom is -0.327 e. The zero-order valence-corrected chi connectivity index (χ0v) is 9.35. The van der Waals surface area contributed by atoms with Crippen LogP contribution in [-0.2, 0) is 12.4 Å². The van der Waals surface area contributed by atoms with Crippen LogP contribution in [0, 0.1) is 6.92 Å². The van der Waals surface area contributed by atoms with Crippen LogP contribution in [0.1, 0.15) is 15.6 Å². The number of rotatable bonds is 3. The molecule has 74 valence electrons. The van der Waals surface area contributed by atoms with Gasteiger partial charge in [0.25, 0.3) is 0 Å². The van der Waals surface area contributed by atoms with E-state index in [1.807, 2.05) is 10.8 Å². The standard InChI is InChI=1S/C9H10ClN3S/c1-7-3-12-9(14-7)5-13-6-11-4-8(13)2-10/h3-4,6H,2,5H2,1H3. The topological polar surface area (TPSA) is 30.7 Å². The number of aromatic nitrogens is 3. The van der Waals surface area contributed by atoms with Gasteiger partial charge in [-0.1, -0.05) is 0 Å².